The van der Waals surface area contributed by atoms with Gasteiger partial charge in [0.2, 0.25) is 5.91 Å². The number of hydrogen-bond acceptors (Lipinski definition) is 5. The molecule has 9 heteroatoms. The van der Waals surface area contributed by atoms with Crippen molar-refractivity contribution in [2.75, 3.05) is 13.2 Å². The molecule has 0 aromatic heterocycles. The quantitative estimate of drug-likeness (QED) is 0.551. The first-order valence-electron chi connectivity index (χ1n) is 6.99. The number of hydrogen-bond donors (Lipinski definition) is 2. The number of carbonyl (C=O) groups is 2. The summed E-state index contributed by atoms with van der Waals surface area (Å²) in [5, 5.41) is 16.2. The molecule has 0 fully saturated rings. The average Bonchev–Trinajstić information content (AvgIpc) is 2.50. The maximum atomic E-state index is 11.7. The molecule has 0 saturated carbocycles. The lowest BCUT2D eigenvalue weighted by atomic mass is 10.3. The molecule has 1 aromatic rings. The molecule has 126 valence electrons. The Kier molecular flexibility index (Phi) is 7.27. The van der Waals surface area contributed by atoms with E-state index in [4.69, 9.17) is 16.3 Å². The first-order valence-corrected chi connectivity index (χ1v) is 7.36. The molecule has 23 heavy (non-hydrogen) atoms. The lowest BCUT2D eigenvalue weighted by Crippen LogP contribution is -2.46. The molecule has 1 aromatic carbocycles. The summed E-state index contributed by atoms with van der Waals surface area (Å²) in [6.45, 7) is 3.52. The third kappa shape index (κ3) is 6.11. The first-order chi connectivity index (χ1) is 10.8. The van der Waals surface area contributed by atoms with Gasteiger partial charge in [-0.2, -0.15) is 0 Å². The molecule has 2 N–H and O–H groups in total. The summed E-state index contributed by atoms with van der Waals surface area (Å²) < 4.78 is 5.13. The molecule has 1 atom stereocenters. The van der Waals surface area contributed by atoms with E-state index in [0.717, 1.165) is 12.5 Å². The highest BCUT2D eigenvalue weighted by atomic mass is 35.5. The number of ether oxygens (including phenoxy) is 1. The lowest BCUT2D eigenvalue weighted by Gasteiger charge is -2.14. The van der Waals surface area contributed by atoms with Gasteiger partial charge in [-0.1, -0.05) is 18.5 Å². The van der Waals surface area contributed by atoms with Gasteiger partial charge in [-0.3, -0.25) is 19.7 Å². The number of rotatable bonds is 8. The van der Waals surface area contributed by atoms with E-state index in [0.29, 0.717) is 6.54 Å². The third-order valence-electron chi connectivity index (χ3n) is 2.80. The first kappa shape index (κ1) is 18.7. The summed E-state index contributed by atoms with van der Waals surface area (Å²) in [5.74, 6) is -0.941. The Morgan fingerprint density at radius 3 is 2.74 bits per heavy atom. The fourth-order valence-corrected chi connectivity index (χ4v) is 1.81. The standard InChI is InChI=1S/C14H18ClN3O5/c1-3-6-16-14(20)9(2)17-13(19)8-23-12-5-4-10(15)7-11(12)18(21)22/h4-5,7,9H,3,6,8H2,1-2H3,(H,16,20)(H,17,19)/t9-/m1/s1. The highest BCUT2D eigenvalue weighted by Crippen LogP contribution is 2.29. The highest BCUT2D eigenvalue weighted by Gasteiger charge is 2.19. The summed E-state index contributed by atoms with van der Waals surface area (Å²) >= 11 is 5.69. The number of nitro groups is 1. The summed E-state index contributed by atoms with van der Waals surface area (Å²) in [4.78, 5) is 33.6. The van der Waals surface area contributed by atoms with Crippen LogP contribution in [0.4, 0.5) is 5.69 Å². The van der Waals surface area contributed by atoms with E-state index in [2.05, 4.69) is 10.6 Å². The molecule has 0 aliphatic rings. The minimum absolute atomic E-state index is 0.0716. The molecule has 0 bridgehead atoms. The van der Waals surface area contributed by atoms with Crippen molar-refractivity contribution >= 4 is 29.1 Å². The molecular weight excluding hydrogens is 326 g/mol. The number of carbonyl (C=O) groups excluding carboxylic acids is 2. The van der Waals surface area contributed by atoms with Gasteiger partial charge in [-0.25, -0.2) is 0 Å². The SMILES string of the molecule is CCCNC(=O)[C@@H](C)NC(=O)COc1ccc(Cl)cc1[N+](=O)[O-]. The number of amides is 2. The molecule has 8 nitrogen and oxygen atoms in total. The summed E-state index contributed by atoms with van der Waals surface area (Å²) in [5.41, 5.74) is -0.334. The molecule has 0 heterocycles. The molecule has 1 rings (SSSR count). The third-order valence-corrected chi connectivity index (χ3v) is 3.03. The Balaban J connectivity index is 2.57. The maximum absolute atomic E-state index is 11.7. The fraction of sp³-hybridized carbons (Fsp3) is 0.429. The van der Waals surface area contributed by atoms with Crippen molar-refractivity contribution in [2.45, 2.75) is 26.3 Å². The molecule has 0 aliphatic carbocycles. The van der Waals surface area contributed by atoms with Crippen LogP contribution in [0.1, 0.15) is 20.3 Å². The Hall–Kier alpha value is -2.35. The van der Waals surface area contributed by atoms with Crippen LogP contribution < -0.4 is 15.4 Å². The van der Waals surface area contributed by atoms with Crippen LogP contribution in [0.2, 0.25) is 5.02 Å². The minimum atomic E-state index is -0.724. The van der Waals surface area contributed by atoms with Gasteiger partial charge in [0.15, 0.2) is 12.4 Å². The fourth-order valence-electron chi connectivity index (χ4n) is 1.65. The topological polar surface area (TPSA) is 111 Å². The minimum Gasteiger partial charge on any atom is -0.477 e. The van der Waals surface area contributed by atoms with Crippen molar-refractivity contribution in [3.63, 3.8) is 0 Å². The van der Waals surface area contributed by atoms with Gasteiger partial charge < -0.3 is 15.4 Å². The van der Waals surface area contributed by atoms with E-state index in [1.54, 1.807) is 0 Å². The Morgan fingerprint density at radius 2 is 2.13 bits per heavy atom. The number of nitrogens with one attached hydrogen (secondary N) is 2. The van der Waals surface area contributed by atoms with Crippen molar-refractivity contribution in [1.29, 1.82) is 0 Å². The monoisotopic (exact) mass is 343 g/mol. The molecule has 2 amide bonds. The van der Waals surface area contributed by atoms with E-state index in [1.165, 1.54) is 19.1 Å². The van der Waals surface area contributed by atoms with E-state index >= 15 is 0 Å². The zero-order chi connectivity index (χ0) is 17.4. The van der Waals surface area contributed by atoms with Gasteiger partial charge in [-0.05, 0) is 25.5 Å². The number of nitro benzene ring substituents is 1. The van der Waals surface area contributed by atoms with E-state index < -0.39 is 23.5 Å². The van der Waals surface area contributed by atoms with E-state index in [-0.39, 0.29) is 22.4 Å². The predicted octanol–water partition coefficient (Wildman–Crippen LogP) is 1.66. The number of halogens is 1. The van der Waals surface area contributed by atoms with Crippen LogP contribution in [0.25, 0.3) is 0 Å². The van der Waals surface area contributed by atoms with E-state index in [1.807, 2.05) is 6.92 Å². The zero-order valence-corrected chi connectivity index (χ0v) is 13.6. The second-order valence-electron chi connectivity index (χ2n) is 4.74. The smallest absolute Gasteiger partial charge is 0.312 e. The second-order valence-corrected chi connectivity index (χ2v) is 5.17. The number of nitrogens with zero attached hydrogens (tertiary/aromatic N) is 1. The van der Waals surface area contributed by atoms with Gasteiger partial charge in [-0.15, -0.1) is 0 Å². The Morgan fingerprint density at radius 1 is 1.43 bits per heavy atom. The Labute approximate surface area is 138 Å². The van der Waals surface area contributed by atoms with Crippen molar-refractivity contribution in [3.8, 4) is 5.75 Å². The van der Waals surface area contributed by atoms with Crippen LogP contribution in [-0.4, -0.2) is 35.9 Å². The van der Waals surface area contributed by atoms with Gasteiger partial charge in [0.05, 0.1) is 4.92 Å². The van der Waals surface area contributed by atoms with Crippen LogP contribution in [-0.2, 0) is 9.59 Å². The molecule has 0 unspecified atom stereocenters. The summed E-state index contributed by atoms with van der Waals surface area (Å²) in [7, 11) is 0. The molecule has 0 saturated heterocycles. The van der Waals surface area contributed by atoms with Gasteiger partial charge in [0, 0.05) is 17.6 Å². The van der Waals surface area contributed by atoms with Gasteiger partial charge >= 0.3 is 5.69 Å². The molecule has 0 radical (unpaired) electrons. The summed E-state index contributed by atoms with van der Waals surface area (Å²) in [6, 6.07) is 3.14. The van der Waals surface area contributed by atoms with Crippen molar-refractivity contribution < 1.29 is 19.2 Å². The van der Waals surface area contributed by atoms with Crippen LogP contribution in [0.3, 0.4) is 0 Å². The second kappa shape index (κ2) is 8.94. The van der Waals surface area contributed by atoms with Crippen LogP contribution >= 0.6 is 11.6 Å². The van der Waals surface area contributed by atoms with Crippen molar-refractivity contribution in [2.24, 2.45) is 0 Å². The van der Waals surface area contributed by atoms with E-state index in [9.17, 15) is 19.7 Å². The van der Waals surface area contributed by atoms with Crippen molar-refractivity contribution in [1.82, 2.24) is 10.6 Å². The molecular formula is C14H18ClN3O5. The zero-order valence-electron chi connectivity index (χ0n) is 12.8. The molecule has 0 aliphatic heterocycles. The van der Waals surface area contributed by atoms with Crippen LogP contribution in [0.15, 0.2) is 18.2 Å². The lowest BCUT2D eigenvalue weighted by molar-refractivity contribution is -0.385. The average molecular weight is 344 g/mol. The number of benzene rings is 1. The van der Waals surface area contributed by atoms with Gasteiger partial charge in [0.25, 0.3) is 5.91 Å². The van der Waals surface area contributed by atoms with Crippen molar-refractivity contribution in [3.05, 3.63) is 33.3 Å². The Bertz CT molecular complexity index is 594. The van der Waals surface area contributed by atoms with Gasteiger partial charge in [0.1, 0.15) is 6.04 Å². The van der Waals surface area contributed by atoms with Crippen LogP contribution in [0.5, 0.6) is 5.75 Å². The largest absolute Gasteiger partial charge is 0.477 e. The summed E-state index contributed by atoms with van der Waals surface area (Å²) in [6.07, 6.45) is 0.787. The highest BCUT2D eigenvalue weighted by molar-refractivity contribution is 6.30. The molecule has 0 spiro atoms. The normalized spacial score (nSPS) is 11.4. The van der Waals surface area contributed by atoms with Crippen LogP contribution in [0, 0.1) is 10.1 Å². The maximum Gasteiger partial charge on any atom is 0.312 e. The predicted molar refractivity (Wildman–Crippen MR) is 84.5 cm³/mol.